The maximum Gasteiger partial charge on any atom is 0.0409 e. The van der Waals surface area contributed by atoms with Gasteiger partial charge in [0.05, 0.1) is 0 Å². The third-order valence-electron chi connectivity index (χ3n) is 2.37. The zero-order valence-electron chi connectivity index (χ0n) is 9.11. The highest BCUT2D eigenvalue weighted by Crippen LogP contribution is 2.27. The fraction of sp³-hybridized carbons (Fsp3) is 0.143. The van der Waals surface area contributed by atoms with Crippen molar-refractivity contribution < 1.29 is 0 Å². The molecule has 0 aliphatic rings. The standard InChI is InChI=1S/C14H13ClS/c1-11-9-13(15)7-8-14(11)16-10-12-5-3-2-4-6-12/h2-9H,10H2,1H3. The molecule has 0 atom stereocenters. The fourth-order valence-corrected chi connectivity index (χ4v) is 2.70. The Morgan fingerprint density at radius 2 is 1.81 bits per heavy atom. The van der Waals surface area contributed by atoms with Crippen LogP contribution < -0.4 is 0 Å². The van der Waals surface area contributed by atoms with Gasteiger partial charge in [-0.3, -0.25) is 0 Å². The van der Waals surface area contributed by atoms with Crippen LogP contribution in [0.25, 0.3) is 0 Å². The minimum Gasteiger partial charge on any atom is -0.121 e. The minimum absolute atomic E-state index is 0.807. The van der Waals surface area contributed by atoms with E-state index in [2.05, 4.69) is 37.3 Å². The molecule has 0 N–H and O–H groups in total. The van der Waals surface area contributed by atoms with Crippen LogP contribution in [0.3, 0.4) is 0 Å². The highest BCUT2D eigenvalue weighted by Gasteiger charge is 2.00. The molecule has 0 saturated heterocycles. The molecule has 0 nitrogen and oxygen atoms in total. The number of halogens is 1. The molecule has 16 heavy (non-hydrogen) atoms. The molecule has 0 aromatic heterocycles. The Morgan fingerprint density at radius 1 is 1.06 bits per heavy atom. The van der Waals surface area contributed by atoms with Crippen molar-refractivity contribution in [3.05, 3.63) is 64.7 Å². The van der Waals surface area contributed by atoms with Crippen molar-refractivity contribution in [1.82, 2.24) is 0 Å². The first-order valence-corrected chi connectivity index (χ1v) is 6.55. The molecule has 0 saturated carbocycles. The molecule has 0 heterocycles. The van der Waals surface area contributed by atoms with Gasteiger partial charge in [-0.2, -0.15) is 0 Å². The molecular weight excluding hydrogens is 236 g/mol. The summed E-state index contributed by atoms with van der Waals surface area (Å²) in [4.78, 5) is 1.30. The zero-order chi connectivity index (χ0) is 11.4. The Bertz CT molecular complexity index is 465. The van der Waals surface area contributed by atoms with E-state index < -0.39 is 0 Å². The molecule has 0 bridgehead atoms. The van der Waals surface area contributed by atoms with Gasteiger partial charge in [-0.05, 0) is 36.2 Å². The molecule has 0 amide bonds. The van der Waals surface area contributed by atoms with Crippen molar-refractivity contribution in [2.75, 3.05) is 0 Å². The molecular formula is C14H13ClS. The summed E-state index contributed by atoms with van der Waals surface area (Å²) in [7, 11) is 0. The van der Waals surface area contributed by atoms with Crippen LogP contribution in [0.2, 0.25) is 5.02 Å². The quantitative estimate of drug-likeness (QED) is 0.694. The van der Waals surface area contributed by atoms with Gasteiger partial charge in [0.2, 0.25) is 0 Å². The van der Waals surface area contributed by atoms with E-state index in [1.807, 2.05) is 30.0 Å². The Labute approximate surface area is 106 Å². The van der Waals surface area contributed by atoms with Gasteiger partial charge in [-0.15, -0.1) is 11.8 Å². The SMILES string of the molecule is Cc1cc(Cl)ccc1SCc1ccccc1. The van der Waals surface area contributed by atoms with Gasteiger partial charge >= 0.3 is 0 Å². The van der Waals surface area contributed by atoms with E-state index in [-0.39, 0.29) is 0 Å². The third kappa shape index (κ3) is 3.03. The summed E-state index contributed by atoms with van der Waals surface area (Å²) in [6, 6.07) is 16.5. The van der Waals surface area contributed by atoms with Crippen molar-refractivity contribution in [2.45, 2.75) is 17.6 Å². The van der Waals surface area contributed by atoms with Crippen molar-refractivity contribution in [2.24, 2.45) is 0 Å². The highest BCUT2D eigenvalue weighted by atomic mass is 35.5. The summed E-state index contributed by atoms with van der Waals surface area (Å²) >= 11 is 7.78. The first-order chi connectivity index (χ1) is 7.75. The molecule has 82 valence electrons. The van der Waals surface area contributed by atoms with Crippen LogP contribution >= 0.6 is 23.4 Å². The van der Waals surface area contributed by atoms with E-state index in [0.29, 0.717) is 0 Å². The average Bonchev–Trinajstić information content (AvgIpc) is 2.29. The maximum atomic E-state index is 5.92. The largest absolute Gasteiger partial charge is 0.121 e. The molecule has 2 aromatic rings. The third-order valence-corrected chi connectivity index (χ3v) is 3.86. The van der Waals surface area contributed by atoms with Crippen molar-refractivity contribution in [1.29, 1.82) is 0 Å². The zero-order valence-corrected chi connectivity index (χ0v) is 10.7. The number of rotatable bonds is 3. The lowest BCUT2D eigenvalue weighted by atomic mass is 10.2. The maximum absolute atomic E-state index is 5.92. The van der Waals surface area contributed by atoms with Crippen molar-refractivity contribution in [3.8, 4) is 0 Å². The molecule has 2 heteroatoms. The molecule has 0 unspecified atom stereocenters. The summed E-state index contributed by atoms with van der Waals surface area (Å²) in [5.74, 6) is 1.00. The van der Waals surface area contributed by atoms with Crippen molar-refractivity contribution >= 4 is 23.4 Å². The van der Waals surface area contributed by atoms with E-state index in [0.717, 1.165) is 10.8 Å². The van der Waals surface area contributed by atoms with Gasteiger partial charge in [0.1, 0.15) is 0 Å². The van der Waals surface area contributed by atoms with Crippen LogP contribution in [0, 0.1) is 6.92 Å². The number of benzene rings is 2. The lowest BCUT2D eigenvalue weighted by Gasteiger charge is -2.05. The normalized spacial score (nSPS) is 10.4. The second-order valence-corrected chi connectivity index (χ2v) is 5.14. The Balaban J connectivity index is 2.05. The van der Waals surface area contributed by atoms with E-state index in [1.165, 1.54) is 16.0 Å². The van der Waals surface area contributed by atoms with E-state index >= 15 is 0 Å². The second-order valence-electron chi connectivity index (χ2n) is 3.68. The van der Waals surface area contributed by atoms with Crippen LogP contribution in [-0.4, -0.2) is 0 Å². The van der Waals surface area contributed by atoms with Crippen LogP contribution in [0.1, 0.15) is 11.1 Å². The summed E-state index contributed by atoms with van der Waals surface area (Å²) in [6.07, 6.45) is 0. The van der Waals surface area contributed by atoms with E-state index in [9.17, 15) is 0 Å². The van der Waals surface area contributed by atoms with Crippen LogP contribution in [0.4, 0.5) is 0 Å². The first kappa shape index (κ1) is 11.6. The molecule has 0 aliphatic carbocycles. The Hall–Kier alpha value is -0.920. The van der Waals surface area contributed by atoms with Gasteiger partial charge in [0, 0.05) is 15.7 Å². The Kier molecular flexibility index (Phi) is 3.92. The lowest BCUT2D eigenvalue weighted by molar-refractivity contribution is 1.29. The number of thioether (sulfide) groups is 1. The minimum atomic E-state index is 0.807. The van der Waals surface area contributed by atoms with Gasteiger partial charge < -0.3 is 0 Å². The highest BCUT2D eigenvalue weighted by molar-refractivity contribution is 7.98. The smallest absolute Gasteiger partial charge is 0.0409 e. The lowest BCUT2D eigenvalue weighted by Crippen LogP contribution is -1.82. The monoisotopic (exact) mass is 248 g/mol. The average molecular weight is 249 g/mol. The summed E-state index contributed by atoms with van der Waals surface area (Å²) < 4.78 is 0. The first-order valence-electron chi connectivity index (χ1n) is 5.18. The van der Waals surface area contributed by atoms with E-state index in [4.69, 9.17) is 11.6 Å². The topological polar surface area (TPSA) is 0 Å². The molecule has 0 spiro atoms. The number of hydrogen-bond acceptors (Lipinski definition) is 1. The van der Waals surface area contributed by atoms with E-state index in [1.54, 1.807) is 0 Å². The molecule has 0 fully saturated rings. The summed E-state index contributed by atoms with van der Waals surface area (Å²) in [5, 5.41) is 0.807. The van der Waals surface area contributed by atoms with Crippen LogP contribution in [0.5, 0.6) is 0 Å². The predicted octanol–water partition coefficient (Wildman–Crippen LogP) is 4.94. The molecule has 2 aromatic carbocycles. The summed E-state index contributed by atoms with van der Waals surface area (Å²) in [5.41, 5.74) is 2.59. The van der Waals surface area contributed by atoms with Crippen LogP contribution in [-0.2, 0) is 5.75 Å². The molecule has 2 rings (SSSR count). The predicted molar refractivity (Wildman–Crippen MR) is 72.2 cm³/mol. The summed E-state index contributed by atoms with van der Waals surface area (Å²) in [6.45, 7) is 2.10. The van der Waals surface area contributed by atoms with Gasteiger partial charge in [-0.25, -0.2) is 0 Å². The fourth-order valence-electron chi connectivity index (χ4n) is 1.51. The number of hydrogen-bond donors (Lipinski definition) is 0. The molecule has 0 radical (unpaired) electrons. The van der Waals surface area contributed by atoms with Gasteiger partial charge in [0.15, 0.2) is 0 Å². The second kappa shape index (κ2) is 5.42. The Morgan fingerprint density at radius 3 is 2.50 bits per heavy atom. The number of aryl methyl sites for hydroxylation is 1. The van der Waals surface area contributed by atoms with Gasteiger partial charge in [-0.1, -0.05) is 41.9 Å². The van der Waals surface area contributed by atoms with Gasteiger partial charge in [0.25, 0.3) is 0 Å². The van der Waals surface area contributed by atoms with Crippen LogP contribution in [0.15, 0.2) is 53.4 Å². The van der Waals surface area contributed by atoms with Crippen molar-refractivity contribution in [3.63, 3.8) is 0 Å². The molecule has 0 aliphatic heterocycles.